The molecule has 10 heteroatoms. The van der Waals surface area contributed by atoms with Crippen LogP contribution in [0.3, 0.4) is 0 Å². The number of phenols is 1. The van der Waals surface area contributed by atoms with Gasteiger partial charge in [-0.15, -0.1) is 10.2 Å². The largest absolute Gasteiger partial charge is 0.505 e. The van der Waals surface area contributed by atoms with Gasteiger partial charge in [-0.1, -0.05) is 30.4 Å². The van der Waals surface area contributed by atoms with Crippen molar-refractivity contribution in [3.63, 3.8) is 0 Å². The number of anilines is 1. The van der Waals surface area contributed by atoms with Gasteiger partial charge in [-0.25, -0.2) is 4.98 Å². The number of hydrogen-bond acceptors (Lipinski definition) is 8. The third-order valence-electron chi connectivity index (χ3n) is 3.35. The van der Waals surface area contributed by atoms with Crippen LogP contribution in [0.2, 0.25) is 0 Å². The van der Waals surface area contributed by atoms with E-state index in [0.29, 0.717) is 17.4 Å². The van der Waals surface area contributed by atoms with Crippen LogP contribution in [0.1, 0.15) is 13.3 Å². The maximum atomic E-state index is 10.7. The van der Waals surface area contributed by atoms with Gasteiger partial charge >= 0.3 is 0 Å². The zero-order valence-electron chi connectivity index (χ0n) is 13.7. The summed E-state index contributed by atoms with van der Waals surface area (Å²) in [5.74, 6) is 0.114. The van der Waals surface area contributed by atoms with Crippen molar-refractivity contribution in [1.29, 1.82) is 0 Å². The molecule has 0 aliphatic heterocycles. The Balaban J connectivity index is 1.74. The van der Waals surface area contributed by atoms with Crippen LogP contribution in [-0.4, -0.2) is 20.8 Å². The van der Waals surface area contributed by atoms with Crippen LogP contribution < -0.4 is 5.43 Å². The minimum absolute atomic E-state index is 0.205. The highest BCUT2D eigenvalue weighted by molar-refractivity contribution is 7.21. The van der Waals surface area contributed by atoms with Crippen molar-refractivity contribution in [1.82, 2.24) is 4.98 Å². The zero-order chi connectivity index (χ0) is 18.5. The van der Waals surface area contributed by atoms with E-state index in [-0.39, 0.29) is 17.1 Å². The first-order chi connectivity index (χ1) is 12.6. The number of fused-ring (bicyclic) bond motifs is 1. The van der Waals surface area contributed by atoms with Crippen molar-refractivity contribution in [3.05, 3.63) is 52.6 Å². The van der Waals surface area contributed by atoms with E-state index in [9.17, 15) is 15.2 Å². The molecule has 0 spiro atoms. The molecule has 0 radical (unpaired) electrons. The summed E-state index contributed by atoms with van der Waals surface area (Å²) < 4.78 is 1.02. The predicted octanol–water partition coefficient (Wildman–Crippen LogP) is 4.83. The Labute approximate surface area is 151 Å². The van der Waals surface area contributed by atoms with Crippen LogP contribution in [0.15, 0.2) is 57.8 Å². The van der Waals surface area contributed by atoms with Gasteiger partial charge in [0.15, 0.2) is 5.84 Å². The maximum Gasteiger partial charge on any atom is 0.273 e. The molecule has 2 aromatic carbocycles. The third kappa shape index (κ3) is 3.98. The van der Waals surface area contributed by atoms with Gasteiger partial charge in [-0.2, -0.15) is 5.10 Å². The summed E-state index contributed by atoms with van der Waals surface area (Å²) in [4.78, 5) is 14.4. The average Bonchev–Trinajstić information content (AvgIpc) is 3.05. The number of benzene rings is 2. The number of phenolic OH excluding ortho intramolecular Hbond substituents is 1. The van der Waals surface area contributed by atoms with Crippen LogP contribution in [0, 0.1) is 10.1 Å². The van der Waals surface area contributed by atoms with Crippen molar-refractivity contribution < 1.29 is 10.0 Å². The van der Waals surface area contributed by atoms with Crippen LogP contribution in [-0.2, 0) is 0 Å². The molecule has 2 N–H and O–H groups in total. The lowest BCUT2D eigenvalue weighted by atomic mass is 10.2. The van der Waals surface area contributed by atoms with Gasteiger partial charge in [0.1, 0.15) is 5.75 Å². The molecule has 0 bridgehead atoms. The van der Waals surface area contributed by atoms with E-state index in [2.05, 4.69) is 25.7 Å². The standard InChI is InChI=1S/C16H14N6O3S/c1-2-15(19-18-11-8-7-10(22(24)25)9-13(11)23)20-21-16-17-12-5-3-4-6-14(12)26-16/h3-9,18,23H,2H2,1H3/b19-15-,21-20?. The minimum atomic E-state index is -0.587. The number of nitro groups is 1. The molecule has 9 nitrogen and oxygen atoms in total. The van der Waals surface area contributed by atoms with Crippen molar-refractivity contribution >= 4 is 43.9 Å². The number of hydrogen-bond donors (Lipinski definition) is 2. The summed E-state index contributed by atoms with van der Waals surface area (Å²) in [5, 5.41) is 33.2. The quantitative estimate of drug-likeness (QED) is 0.166. The summed E-state index contributed by atoms with van der Waals surface area (Å²) in [6.07, 6.45) is 0.495. The van der Waals surface area contributed by atoms with Crippen LogP contribution >= 0.6 is 11.3 Å². The third-order valence-corrected chi connectivity index (χ3v) is 4.27. The number of aromatic nitrogens is 1. The van der Waals surface area contributed by atoms with Crippen molar-refractivity contribution in [2.75, 3.05) is 5.43 Å². The molecule has 1 heterocycles. The molecule has 132 valence electrons. The zero-order valence-corrected chi connectivity index (χ0v) is 14.5. The Morgan fingerprint density at radius 2 is 2.15 bits per heavy atom. The molecule has 0 aliphatic carbocycles. The van der Waals surface area contributed by atoms with Crippen LogP contribution in [0.5, 0.6) is 5.75 Å². The fourth-order valence-electron chi connectivity index (χ4n) is 2.03. The van der Waals surface area contributed by atoms with E-state index in [4.69, 9.17) is 0 Å². The Kier molecular flexibility index (Phi) is 5.13. The molecule has 0 aliphatic rings. The highest BCUT2D eigenvalue weighted by Gasteiger charge is 2.09. The number of nitrogens with zero attached hydrogens (tertiary/aromatic N) is 5. The number of amidine groups is 1. The second-order valence-electron chi connectivity index (χ2n) is 5.12. The Hall–Kier alpha value is -3.40. The number of azo groups is 1. The molecule has 0 saturated carbocycles. The first kappa shape index (κ1) is 17.4. The lowest BCUT2D eigenvalue weighted by molar-refractivity contribution is -0.384. The van der Waals surface area contributed by atoms with Gasteiger partial charge in [0.25, 0.3) is 5.69 Å². The molecule has 3 aromatic rings. The topological polar surface area (TPSA) is 125 Å². The lowest BCUT2D eigenvalue weighted by Crippen LogP contribution is -1.98. The summed E-state index contributed by atoms with van der Waals surface area (Å²) in [5.41, 5.74) is 3.52. The smallest absolute Gasteiger partial charge is 0.273 e. The minimum Gasteiger partial charge on any atom is -0.505 e. The highest BCUT2D eigenvalue weighted by atomic mass is 32.1. The van der Waals surface area contributed by atoms with Gasteiger partial charge in [0.05, 0.1) is 26.9 Å². The summed E-state index contributed by atoms with van der Waals surface area (Å²) in [6.45, 7) is 1.85. The van der Waals surface area contributed by atoms with E-state index in [1.165, 1.54) is 23.5 Å². The fraction of sp³-hybridized carbons (Fsp3) is 0.125. The van der Waals surface area contributed by atoms with Gasteiger partial charge in [-0.05, 0) is 18.2 Å². The Morgan fingerprint density at radius 1 is 1.35 bits per heavy atom. The van der Waals surface area contributed by atoms with Crippen molar-refractivity contribution in [2.24, 2.45) is 15.3 Å². The number of rotatable bonds is 5. The maximum absolute atomic E-state index is 10.7. The number of non-ortho nitro benzene ring substituents is 1. The second kappa shape index (κ2) is 7.66. The molecular weight excluding hydrogens is 356 g/mol. The molecule has 1 aromatic heterocycles. The van der Waals surface area contributed by atoms with Gasteiger partial charge < -0.3 is 5.11 Å². The van der Waals surface area contributed by atoms with Gasteiger partial charge in [0.2, 0.25) is 5.13 Å². The van der Waals surface area contributed by atoms with Crippen molar-refractivity contribution in [2.45, 2.75) is 13.3 Å². The summed E-state index contributed by atoms with van der Waals surface area (Å²) in [6, 6.07) is 11.4. The van der Waals surface area contributed by atoms with E-state index in [1.54, 1.807) is 0 Å². The monoisotopic (exact) mass is 370 g/mol. The first-order valence-corrected chi connectivity index (χ1v) is 8.45. The number of para-hydroxylation sites is 1. The van der Waals surface area contributed by atoms with Gasteiger partial charge in [-0.3, -0.25) is 15.5 Å². The van der Waals surface area contributed by atoms with Crippen LogP contribution in [0.4, 0.5) is 16.5 Å². The van der Waals surface area contributed by atoms with E-state index < -0.39 is 4.92 Å². The number of thiazole rings is 1. The summed E-state index contributed by atoms with van der Waals surface area (Å²) >= 11 is 1.42. The second-order valence-corrected chi connectivity index (χ2v) is 6.13. The lowest BCUT2D eigenvalue weighted by Gasteiger charge is -2.03. The molecule has 0 fully saturated rings. The number of aromatic hydroxyl groups is 1. The Morgan fingerprint density at radius 3 is 2.85 bits per heavy atom. The van der Waals surface area contributed by atoms with Gasteiger partial charge in [0, 0.05) is 12.5 Å². The molecule has 0 amide bonds. The normalized spacial score (nSPS) is 12.0. The van der Waals surface area contributed by atoms with Crippen LogP contribution in [0.25, 0.3) is 10.2 Å². The number of nitrogens with one attached hydrogen (secondary N) is 1. The molecule has 3 rings (SSSR count). The Bertz CT molecular complexity index is 981. The van der Waals surface area contributed by atoms with E-state index in [0.717, 1.165) is 16.3 Å². The SMILES string of the molecule is CC/C(N=Nc1nc2ccccc2s1)=N/Nc1ccc([N+](=O)[O-])cc1O. The molecule has 26 heavy (non-hydrogen) atoms. The number of nitro benzene ring substituents is 1. The molecule has 0 saturated heterocycles. The summed E-state index contributed by atoms with van der Waals surface area (Å²) in [7, 11) is 0. The first-order valence-electron chi connectivity index (χ1n) is 7.64. The van der Waals surface area contributed by atoms with Crippen molar-refractivity contribution in [3.8, 4) is 5.75 Å². The molecule has 0 atom stereocenters. The van der Waals surface area contributed by atoms with E-state index in [1.807, 2.05) is 31.2 Å². The average molecular weight is 370 g/mol. The fourth-order valence-corrected chi connectivity index (χ4v) is 2.82. The molecule has 0 unspecified atom stereocenters. The van der Waals surface area contributed by atoms with E-state index >= 15 is 0 Å². The molecular formula is C16H14N6O3S. The highest BCUT2D eigenvalue weighted by Crippen LogP contribution is 2.29. The number of hydrazone groups is 1. The predicted molar refractivity (Wildman–Crippen MR) is 100 cm³/mol.